The zero-order valence-corrected chi connectivity index (χ0v) is 11.6. The number of rotatable bonds is 4. The van der Waals surface area contributed by atoms with Gasteiger partial charge in [-0.3, -0.25) is 9.78 Å². The minimum atomic E-state index is -0.279. The number of carbonyl (C=O) groups excluding carboxylic acids is 1. The van der Waals surface area contributed by atoms with Crippen LogP contribution in [0.4, 0.5) is 11.4 Å². The zero-order valence-electron chi connectivity index (χ0n) is 10.9. The average molecular weight is 292 g/mol. The fraction of sp³-hybridized carbons (Fsp3) is 0.143. The highest BCUT2D eigenvalue weighted by Crippen LogP contribution is 2.20. The van der Waals surface area contributed by atoms with E-state index in [0.29, 0.717) is 22.1 Å². The summed E-state index contributed by atoms with van der Waals surface area (Å²) in [4.78, 5) is 15.7. The Bertz CT molecular complexity index is 632. The number of hydrogen-bond donors (Lipinski definition) is 2. The van der Waals surface area contributed by atoms with Gasteiger partial charge in [0.15, 0.2) is 6.61 Å². The summed E-state index contributed by atoms with van der Waals surface area (Å²) in [6.45, 7) is 1.71. The Kier molecular flexibility index (Phi) is 4.42. The van der Waals surface area contributed by atoms with Crippen LogP contribution in [0, 0.1) is 6.92 Å². The lowest BCUT2D eigenvalue weighted by atomic mass is 10.1. The number of nitrogens with one attached hydrogen (secondary N) is 1. The van der Waals surface area contributed by atoms with E-state index in [2.05, 4.69) is 10.3 Å². The second kappa shape index (κ2) is 6.25. The number of benzene rings is 1. The summed E-state index contributed by atoms with van der Waals surface area (Å²) in [6, 6.07) is 6.93. The van der Waals surface area contributed by atoms with Crippen molar-refractivity contribution in [3.63, 3.8) is 0 Å². The van der Waals surface area contributed by atoms with Gasteiger partial charge in [0.25, 0.3) is 5.91 Å². The molecule has 0 fully saturated rings. The molecule has 0 bridgehead atoms. The van der Waals surface area contributed by atoms with Crippen molar-refractivity contribution >= 4 is 28.9 Å². The maximum atomic E-state index is 11.8. The Morgan fingerprint density at radius 1 is 1.45 bits per heavy atom. The number of pyridine rings is 1. The van der Waals surface area contributed by atoms with Gasteiger partial charge >= 0.3 is 0 Å². The highest BCUT2D eigenvalue weighted by Gasteiger charge is 2.07. The van der Waals surface area contributed by atoms with Gasteiger partial charge in [0, 0.05) is 23.6 Å². The van der Waals surface area contributed by atoms with E-state index < -0.39 is 0 Å². The number of nitrogens with zero attached hydrogens (tertiary/aromatic N) is 1. The fourth-order valence-electron chi connectivity index (χ4n) is 1.60. The summed E-state index contributed by atoms with van der Waals surface area (Å²) in [7, 11) is 0. The molecule has 104 valence electrons. The monoisotopic (exact) mass is 291 g/mol. The Morgan fingerprint density at radius 3 is 3.00 bits per heavy atom. The Morgan fingerprint density at radius 2 is 2.25 bits per heavy atom. The van der Waals surface area contributed by atoms with Crippen LogP contribution in [0.25, 0.3) is 0 Å². The van der Waals surface area contributed by atoms with E-state index in [9.17, 15) is 4.79 Å². The summed E-state index contributed by atoms with van der Waals surface area (Å²) in [6.07, 6.45) is 2.98. The molecular weight excluding hydrogens is 278 g/mol. The molecule has 0 aliphatic carbocycles. The number of nitrogen functional groups attached to an aromatic ring is 1. The van der Waals surface area contributed by atoms with Gasteiger partial charge < -0.3 is 15.8 Å². The van der Waals surface area contributed by atoms with E-state index in [1.807, 2.05) is 6.92 Å². The molecule has 1 aromatic carbocycles. The molecular formula is C14H14ClN3O2. The lowest BCUT2D eigenvalue weighted by Gasteiger charge is -2.10. The van der Waals surface area contributed by atoms with Crippen molar-refractivity contribution in [3.8, 4) is 5.75 Å². The van der Waals surface area contributed by atoms with Gasteiger partial charge in [-0.2, -0.15) is 0 Å². The van der Waals surface area contributed by atoms with Crippen LogP contribution >= 0.6 is 11.6 Å². The molecule has 0 saturated carbocycles. The minimum absolute atomic E-state index is 0.129. The average Bonchev–Trinajstić information content (AvgIpc) is 2.42. The summed E-state index contributed by atoms with van der Waals surface area (Å²) in [5.41, 5.74) is 7.89. The number of halogens is 1. The second-order valence-corrected chi connectivity index (χ2v) is 4.63. The number of nitrogens with two attached hydrogens (primary N) is 1. The number of ether oxygens (including phenoxy) is 1. The quantitative estimate of drug-likeness (QED) is 0.849. The van der Waals surface area contributed by atoms with Crippen LogP contribution in [0.1, 0.15) is 5.56 Å². The first-order valence-corrected chi connectivity index (χ1v) is 6.32. The van der Waals surface area contributed by atoms with Crippen molar-refractivity contribution in [2.24, 2.45) is 0 Å². The van der Waals surface area contributed by atoms with Crippen LogP contribution in [0.3, 0.4) is 0 Å². The molecule has 5 nitrogen and oxygen atoms in total. The molecule has 20 heavy (non-hydrogen) atoms. The Balaban J connectivity index is 1.94. The molecule has 0 atom stereocenters. The van der Waals surface area contributed by atoms with Gasteiger partial charge in [0.05, 0.1) is 11.2 Å². The summed E-state index contributed by atoms with van der Waals surface area (Å²) in [5.74, 6) is 0.163. The second-order valence-electron chi connectivity index (χ2n) is 4.20. The Hall–Kier alpha value is -2.27. The van der Waals surface area contributed by atoms with E-state index in [4.69, 9.17) is 22.1 Å². The smallest absolute Gasteiger partial charge is 0.262 e. The Labute approximate surface area is 121 Å². The van der Waals surface area contributed by atoms with Crippen molar-refractivity contribution in [1.29, 1.82) is 0 Å². The number of amides is 1. The highest BCUT2D eigenvalue weighted by molar-refractivity contribution is 6.30. The fourth-order valence-corrected chi connectivity index (χ4v) is 1.76. The standard InChI is InChI=1S/C14H14ClN3O2/c1-9-12(16)3-2-4-13(9)18-14(19)8-20-11-5-10(15)6-17-7-11/h2-7H,8,16H2,1H3,(H,18,19). The normalized spacial score (nSPS) is 10.1. The topological polar surface area (TPSA) is 77.2 Å². The lowest BCUT2D eigenvalue weighted by Crippen LogP contribution is -2.20. The first-order valence-electron chi connectivity index (χ1n) is 5.94. The molecule has 0 saturated heterocycles. The van der Waals surface area contributed by atoms with Crippen LogP contribution in [0.15, 0.2) is 36.7 Å². The van der Waals surface area contributed by atoms with Gasteiger partial charge in [-0.25, -0.2) is 0 Å². The molecule has 2 aromatic rings. The van der Waals surface area contributed by atoms with E-state index in [-0.39, 0.29) is 12.5 Å². The number of anilines is 2. The van der Waals surface area contributed by atoms with Crippen molar-refractivity contribution < 1.29 is 9.53 Å². The maximum Gasteiger partial charge on any atom is 0.262 e. The van der Waals surface area contributed by atoms with Crippen LogP contribution in [-0.2, 0) is 4.79 Å². The molecule has 0 spiro atoms. The predicted octanol–water partition coefficient (Wildman–Crippen LogP) is 2.64. The van der Waals surface area contributed by atoms with E-state index >= 15 is 0 Å². The van der Waals surface area contributed by atoms with Gasteiger partial charge in [-0.1, -0.05) is 17.7 Å². The largest absolute Gasteiger partial charge is 0.482 e. The third kappa shape index (κ3) is 3.61. The van der Waals surface area contributed by atoms with Crippen molar-refractivity contribution in [1.82, 2.24) is 4.98 Å². The van der Waals surface area contributed by atoms with Gasteiger partial charge in [-0.05, 0) is 24.6 Å². The van der Waals surface area contributed by atoms with E-state index in [1.165, 1.54) is 12.4 Å². The SMILES string of the molecule is Cc1c(N)cccc1NC(=O)COc1cncc(Cl)c1. The van der Waals surface area contributed by atoms with E-state index in [0.717, 1.165) is 5.56 Å². The van der Waals surface area contributed by atoms with Crippen LogP contribution in [0.2, 0.25) is 5.02 Å². The van der Waals surface area contributed by atoms with Crippen molar-refractivity contribution in [2.45, 2.75) is 6.92 Å². The predicted molar refractivity (Wildman–Crippen MR) is 79.0 cm³/mol. The molecule has 6 heteroatoms. The number of aromatic nitrogens is 1. The molecule has 2 rings (SSSR count). The third-order valence-corrected chi connectivity index (χ3v) is 2.91. The van der Waals surface area contributed by atoms with Gasteiger partial charge in [-0.15, -0.1) is 0 Å². The van der Waals surface area contributed by atoms with Gasteiger partial charge in [0.1, 0.15) is 5.75 Å². The number of carbonyl (C=O) groups is 1. The van der Waals surface area contributed by atoms with Crippen molar-refractivity contribution in [2.75, 3.05) is 17.7 Å². The molecule has 0 aliphatic rings. The summed E-state index contributed by atoms with van der Waals surface area (Å²) < 4.78 is 5.30. The number of hydrogen-bond acceptors (Lipinski definition) is 4. The molecule has 0 unspecified atom stereocenters. The van der Waals surface area contributed by atoms with Crippen LogP contribution in [-0.4, -0.2) is 17.5 Å². The molecule has 3 N–H and O–H groups in total. The first-order chi connectivity index (χ1) is 9.56. The van der Waals surface area contributed by atoms with Gasteiger partial charge in [0.2, 0.25) is 0 Å². The highest BCUT2D eigenvalue weighted by atomic mass is 35.5. The molecule has 1 heterocycles. The molecule has 0 aliphatic heterocycles. The maximum absolute atomic E-state index is 11.8. The summed E-state index contributed by atoms with van der Waals surface area (Å²) >= 11 is 5.77. The minimum Gasteiger partial charge on any atom is -0.482 e. The van der Waals surface area contributed by atoms with Crippen molar-refractivity contribution in [3.05, 3.63) is 47.2 Å². The van der Waals surface area contributed by atoms with E-state index in [1.54, 1.807) is 24.3 Å². The molecule has 0 radical (unpaired) electrons. The molecule has 1 aromatic heterocycles. The van der Waals surface area contributed by atoms with Crippen LogP contribution < -0.4 is 15.8 Å². The van der Waals surface area contributed by atoms with Crippen LogP contribution in [0.5, 0.6) is 5.75 Å². The zero-order chi connectivity index (χ0) is 14.5. The summed E-state index contributed by atoms with van der Waals surface area (Å²) in [5, 5.41) is 3.19. The molecule has 1 amide bonds. The third-order valence-electron chi connectivity index (χ3n) is 2.70. The lowest BCUT2D eigenvalue weighted by molar-refractivity contribution is -0.118. The first kappa shape index (κ1) is 14.1.